The van der Waals surface area contributed by atoms with Crippen molar-refractivity contribution in [2.75, 3.05) is 6.54 Å². The zero-order valence-corrected chi connectivity index (χ0v) is 10.3. The second-order valence-corrected chi connectivity index (χ2v) is 4.15. The molecule has 0 fully saturated rings. The minimum atomic E-state index is -0.611. The Morgan fingerprint density at radius 1 is 1.56 bits per heavy atom. The normalized spacial score (nSPS) is 11.9. The van der Waals surface area contributed by atoms with Crippen molar-refractivity contribution < 1.29 is 14.8 Å². The number of nitrogens with one attached hydrogen (secondary N) is 1. The van der Waals surface area contributed by atoms with E-state index in [-0.39, 0.29) is 24.6 Å². The predicted octanol–water partition coefficient (Wildman–Crippen LogP) is 0.943. The number of hydrogen-bond acceptors (Lipinski definition) is 4. The summed E-state index contributed by atoms with van der Waals surface area (Å²) in [5.41, 5.74) is 1.12. The van der Waals surface area contributed by atoms with Crippen LogP contribution in [0.3, 0.4) is 0 Å². The first-order chi connectivity index (χ1) is 8.41. The highest BCUT2D eigenvalue weighted by atomic mass is 16.6. The molecule has 1 aromatic rings. The molecular weight excluding hydrogens is 236 g/mol. The van der Waals surface area contributed by atoms with Gasteiger partial charge in [0.2, 0.25) is 5.91 Å². The molecule has 0 bridgehead atoms. The van der Waals surface area contributed by atoms with E-state index < -0.39 is 11.0 Å². The van der Waals surface area contributed by atoms with Gasteiger partial charge in [-0.3, -0.25) is 14.9 Å². The van der Waals surface area contributed by atoms with E-state index in [1.165, 1.54) is 6.07 Å². The van der Waals surface area contributed by atoms with E-state index in [0.717, 1.165) is 0 Å². The summed E-state index contributed by atoms with van der Waals surface area (Å²) in [5, 5.41) is 22.3. The molecule has 98 valence electrons. The monoisotopic (exact) mass is 252 g/mol. The molecule has 0 heterocycles. The lowest BCUT2D eigenvalue weighted by molar-refractivity contribution is -0.385. The fourth-order valence-electron chi connectivity index (χ4n) is 1.56. The lowest BCUT2D eigenvalue weighted by Crippen LogP contribution is -2.31. The van der Waals surface area contributed by atoms with E-state index in [9.17, 15) is 14.9 Å². The van der Waals surface area contributed by atoms with E-state index in [1.807, 2.05) is 0 Å². The van der Waals surface area contributed by atoms with Crippen LogP contribution in [-0.2, 0) is 11.2 Å². The molecule has 0 spiro atoms. The number of carbonyl (C=O) groups is 1. The summed E-state index contributed by atoms with van der Waals surface area (Å²) in [6.45, 7) is 3.36. The number of hydrogen-bond donors (Lipinski definition) is 2. The summed E-state index contributed by atoms with van der Waals surface area (Å²) < 4.78 is 0. The predicted molar refractivity (Wildman–Crippen MR) is 66.2 cm³/mol. The topological polar surface area (TPSA) is 92.5 Å². The quantitative estimate of drug-likeness (QED) is 0.602. The molecule has 0 aliphatic carbocycles. The van der Waals surface area contributed by atoms with Crippen molar-refractivity contribution in [2.24, 2.45) is 0 Å². The van der Waals surface area contributed by atoms with Gasteiger partial charge < -0.3 is 10.4 Å². The van der Waals surface area contributed by atoms with E-state index in [0.29, 0.717) is 11.1 Å². The van der Waals surface area contributed by atoms with Crippen molar-refractivity contribution in [1.29, 1.82) is 0 Å². The number of benzene rings is 1. The number of carbonyl (C=O) groups excluding carboxylic acids is 1. The Balaban J connectivity index is 2.76. The van der Waals surface area contributed by atoms with Gasteiger partial charge in [-0.1, -0.05) is 12.1 Å². The Morgan fingerprint density at radius 3 is 2.78 bits per heavy atom. The third kappa shape index (κ3) is 3.81. The fraction of sp³-hybridized carbons (Fsp3) is 0.417. The minimum Gasteiger partial charge on any atom is -0.392 e. The summed E-state index contributed by atoms with van der Waals surface area (Å²) >= 11 is 0. The van der Waals surface area contributed by atoms with Gasteiger partial charge in [0.1, 0.15) is 0 Å². The van der Waals surface area contributed by atoms with Gasteiger partial charge in [-0.25, -0.2) is 0 Å². The Morgan fingerprint density at radius 2 is 2.22 bits per heavy atom. The molecule has 1 amide bonds. The van der Waals surface area contributed by atoms with Gasteiger partial charge in [-0.05, 0) is 19.4 Å². The van der Waals surface area contributed by atoms with Gasteiger partial charge in [0.05, 0.1) is 17.4 Å². The Kier molecular flexibility index (Phi) is 4.79. The van der Waals surface area contributed by atoms with Crippen molar-refractivity contribution in [3.63, 3.8) is 0 Å². The minimum absolute atomic E-state index is 0.0100. The van der Waals surface area contributed by atoms with Gasteiger partial charge in [-0.2, -0.15) is 0 Å². The van der Waals surface area contributed by atoms with Crippen LogP contribution in [0.2, 0.25) is 0 Å². The number of aliphatic hydroxyl groups is 1. The first-order valence-electron chi connectivity index (χ1n) is 5.59. The van der Waals surface area contributed by atoms with Gasteiger partial charge >= 0.3 is 0 Å². The molecule has 0 aliphatic heterocycles. The third-order valence-electron chi connectivity index (χ3n) is 2.56. The number of nitrogens with zero attached hydrogens (tertiary/aromatic N) is 1. The van der Waals surface area contributed by atoms with Gasteiger partial charge in [-0.15, -0.1) is 0 Å². The summed E-state index contributed by atoms with van der Waals surface area (Å²) in [6.07, 6.45) is -0.541. The van der Waals surface area contributed by atoms with Crippen LogP contribution in [0.4, 0.5) is 5.69 Å². The SMILES string of the molecule is Cc1c(CC(=O)NCC(C)O)cccc1[N+](=O)[O-]. The zero-order valence-electron chi connectivity index (χ0n) is 10.3. The molecule has 0 aromatic heterocycles. The lowest BCUT2D eigenvalue weighted by atomic mass is 10.0. The Labute approximate surface area is 105 Å². The van der Waals surface area contributed by atoms with Crippen molar-refractivity contribution in [2.45, 2.75) is 26.4 Å². The first-order valence-corrected chi connectivity index (χ1v) is 5.59. The lowest BCUT2D eigenvalue weighted by Gasteiger charge is -2.08. The molecule has 1 aromatic carbocycles. The second-order valence-electron chi connectivity index (χ2n) is 4.15. The molecule has 6 heteroatoms. The van der Waals surface area contributed by atoms with Gasteiger partial charge in [0.15, 0.2) is 0 Å². The number of rotatable bonds is 5. The van der Waals surface area contributed by atoms with Crippen LogP contribution in [0, 0.1) is 17.0 Å². The molecule has 18 heavy (non-hydrogen) atoms. The van der Waals surface area contributed by atoms with E-state index >= 15 is 0 Å². The molecule has 0 saturated carbocycles. The Bertz CT molecular complexity index is 457. The molecular formula is C12H16N2O4. The van der Waals surface area contributed by atoms with E-state index in [2.05, 4.69) is 5.32 Å². The maximum Gasteiger partial charge on any atom is 0.272 e. The highest BCUT2D eigenvalue weighted by Crippen LogP contribution is 2.21. The Hall–Kier alpha value is -1.95. The number of nitro groups is 1. The number of nitro benzene ring substituents is 1. The van der Waals surface area contributed by atoms with Gasteiger partial charge in [0.25, 0.3) is 5.69 Å². The van der Waals surface area contributed by atoms with Crippen LogP contribution in [0.1, 0.15) is 18.1 Å². The smallest absolute Gasteiger partial charge is 0.272 e. The van der Waals surface area contributed by atoms with Crippen molar-refractivity contribution in [1.82, 2.24) is 5.32 Å². The zero-order chi connectivity index (χ0) is 13.7. The van der Waals surface area contributed by atoms with Gasteiger partial charge in [0, 0.05) is 18.2 Å². The summed E-state index contributed by atoms with van der Waals surface area (Å²) in [4.78, 5) is 21.8. The van der Waals surface area contributed by atoms with Crippen LogP contribution in [0.5, 0.6) is 0 Å². The molecule has 1 rings (SSSR count). The van der Waals surface area contributed by atoms with Crippen molar-refractivity contribution in [3.05, 3.63) is 39.4 Å². The van der Waals surface area contributed by atoms with Crippen LogP contribution in [-0.4, -0.2) is 28.6 Å². The van der Waals surface area contributed by atoms with Crippen molar-refractivity contribution >= 4 is 11.6 Å². The number of aliphatic hydroxyl groups excluding tert-OH is 1. The summed E-state index contributed by atoms with van der Waals surface area (Å²) in [6, 6.07) is 4.65. The standard InChI is InChI=1S/C12H16N2O4/c1-8(15)7-13-12(16)6-10-4-3-5-11(9(10)2)14(17)18/h3-5,8,15H,6-7H2,1-2H3,(H,13,16). The average molecular weight is 252 g/mol. The fourth-order valence-corrected chi connectivity index (χ4v) is 1.56. The van der Waals surface area contributed by atoms with Crippen LogP contribution in [0.25, 0.3) is 0 Å². The molecule has 0 radical (unpaired) electrons. The summed E-state index contributed by atoms with van der Waals surface area (Å²) in [5.74, 6) is -0.264. The molecule has 6 nitrogen and oxygen atoms in total. The average Bonchev–Trinajstić information content (AvgIpc) is 2.29. The maximum atomic E-state index is 11.6. The van der Waals surface area contributed by atoms with Crippen LogP contribution in [0.15, 0.2) is 18.2 Å². The second kappa shape index (κ2) is 6.11. The number of amides is 1. The highest BCUT2D eigenvalue weighted by Gasteiger charge is 2.15. The van der Waals surface area contributed by atoms with Crippen LogP contribution >= 0.6 is 0 Å². The molecule has 0 saturated heterocycles. The summed E-state index contributed by atoms with van der Waals surface area (Å²) in [7, 11) is 0. The first kappa shape index (κ1) is 14.1. The van der Waals surface area contributed by atoms with Crippen LogP contribution < -0.4 is 5.32 Å². The molecule has 2 N–H and O–H groups in total. The third-order valence-corrected chi connectivity index (χ3v) is 2.56. The maximum absolute atomic E-state index is 11.6. The largest absolute Gasteiger partial charge is 0.392 e. The van der Waals surface area contributed by atoms with E-state index in [1.54, 1.807) is 26.0 Å². The highest BCUT2D eigenvalue weighted by molar-refractivity contribution is 5.79. The molecule has 0 aliphatic rings. The van der Waals surface area contributed by atoms with Crippen molar-refractivity contribution in [3.8, 4) is 0 Å². The van der Waals surface area contributed by atoms with E-state index in [4.69, 9.17) is 5.11 Å². The molecule has 1 unspecified atom stereocenters. The molecule has 1 atom stereocenters.